The summed E-state index contributed by atoms with van der Waals surface area (Å²) in [4.78, 5) is 54.1. The van der Waals surface area contributed by atoms with E-state index in [0.717, 1.165) is 6.42 Å². The molecular weight excluding hydrogens is 414 g/mol. The largest absolute Gasteiger partial charge is 0.442 e. The first-order valence-electron chi connectivity index (χ1n) is 10.6. The van der Waals surface area contributed by atoms with Crippen LogP contribution in [-0.2, 0) is 23.9 Å². The molecule has 32 heavy (non-hydrogen) atoms. The lowest BCUT2D eigenvalue weighted by molar-refractivity contribution is -0.138. The highest BCUT2D eigenvalue weighted by Gasteiger charge is 2.41. The molecular formula is C23H25N3O6. The zero-order chi connectivity index (χ0) is 22.8. The van der Waals surface area contributed by atoms with Crippen LogP contribution in [0.1, 0.15) is 19.8 Å². The van der Waals surface area contributed by atoms with E-state index in [1.165, 1.54) is 16.9 Å². The summed E-state index contributed by atoms with van der Waals surface area (Å²) >= 11 is 0. The molecule has 1 fully saturated rings. The molecule has 1 atom stereocenters. The summed E-state index contributed by atoms with van der Waals surface area (Å²) in [6.45, 7) is 2.58. The second-order valence-corrected chi connectivity index (χ2v) is 7.76. The Morgan fingerprint density at radius 1 is 1.19 bits per heavy atom. The van der Waals surface area contributed by atoms with Gasteiger partial charge in [-0.3, -0.25) is 24.2 Å². The van der Waals surface area contributed by atoms with Crippen LogP contribution >= 0.6 is 0 Å². The van der Waals surface area contributed by atoms with Crippen molar-refractivity contribution in [3.8, 4) is 0 Å². The Balaban J connectivity index is 1.42. The lowest BCUT2D eigenvalue weighted by Gasteiger charge is -2.22. The summed E-state index contributed by atoms with van der Waals surface area (Å²) in [6, 6.07) is 6.98. The van der Waals surface area contributed by atoms with Gasteiger partial charge in [-0.2, -0.15) is 0 Å². The van der Waals surface area contributed by atoms with Crippen molar-refractivity contribution in [2.24, 2.45) is 0 Å². The molecule has 0 spiro atoms. The van der Waals surface area contributed by atoms with E-state index in [9.17, 15) is 19.2 Å². The third kappa shape index (κ3) is 3.91. The molecule has 1 aliphatic carbocycles. The molecule has 1 saturated heterocycles. The van der Waals surface area contributed by atoms with Crippen molar-refractivity contribution in [1.82, 2.24) is 4.90 Å². The van der Waals surface area contributed by atoms with Gasteiger partial charge < -0.3 is 14.4 Å². The number of allylic oxidation sites excluding steroid dienone is 1. The molecule has 2 heterocycles. The lowest BCUT2D eigenvalue weighted by atomic mass is 10.00. The fourth-order valence-corrected chi connectivity index (χ4v) is 4.20. The molecule has 1 aromatic rings. The Labute approximate surface area is 185 Å². The van der Waals surface area contributed by atoms with Crippen LogP contribution in [0.3, 0.4) is 0 Å². The molecule has 168 valence electrons. The van der Waals surface area contributed by atoms with E-state index >= 15 is 0 Å². The molecule has 9 nitrogen and oxygen atoms in total. The zero-order valence-electron chi connectivity index (χ0n) is 18.1. The van der Waals surface area contributed by atoms with Gasteiger partial charge in [-0.1, -0.05) is 12.2 Å². The van der Waals surface area contributed by atoms with Crippen LogP contribution in [0.5, 0.6) is 0 Å². The fourth-order valence-electron chi connectivity index (χ4n) is 4.20. The second-order valence-electron chi connectivity index (χ2n) is 7.76. The molecule has 0 saturated carbocycles. The minimum atomic E-state index is -0.615. The van der Waals surface area contributed by atoms with Gasteiger partial charge in [0.25, 0.3) is 17.7 Å². The minimum Gasteiger partial charge on any atom is -0.442 e. The van der Waals surface area contributed by atoms with Gasteiger partial charge in [0, 0.05) is 36.2 Å². The number of amides is 4. The van der Waals surface area contributed by atoms with Crippen LogP contribution < -0.4 is 9.80 Å². The van der Waals surface area contributed by atoms with Crippen LogP contribution in [0.15, 0.2) is 47.6 Å². The maximum Gasteiger partial charge on any atom is 0.414 e. The summed E-state index contributed by atoms with van der Waals surface area (Å²) in [6.07, 6.45) is 3.72. The number of cyclic esters (lactones) is 1. The van der Waals surface area contributed by atoms with Crippen LogP contribution in [0.25, 0.3) is 0 Å². The number of anilines is 2. The molecule has 9 heteroatoms. The topological polar surface area (TPSA) is 96.5 Å². The van der Waals surface area contributed by atoms with E-state index in [2.05, 4.69) is 0 Å². The first kappa shape index (κ1) is 21.8. The van der Waals surface area contributed by atoms with E-state index in [4.69, 9.17) is 9.47 Å². The predicted molar refractivity (Wildman–Crippen MR) is 116 cm³/mol. The first-order chi connectivity index (χ1) is 15.4. The Hall–Kier alpha value is -3.46. The standard InChI is InChI=1S/C23H25N3O6/c1-3-24(20(27)14-31-2)15-8-10-16(11-9-15)25-12-17(32-23(25)30)13-26-21(28)18-6-4-5-7-19(18)22(26)29/h4,6,8-11,17H,3,5,7,12-14H2,1-2H3. The van der Waals surface area contributed by atoms with Gasteiger partial charge in [-0.05, 0) is 44.0 Å². The van der Waals surface area contributed by atoms with Crippen molar-refractivity contribution in [2.45, 2.75) is 25.9 Å². The van der Waals surface area contributed by atoms with Gasteiger partial charge >= 0.3 is 6.09 Å². The number of hydrogen-bond acceptors (Lipinski definition) is 6. The van der Waals surface area contributed by atoms with Crippen molar-refractivity contribution in [1.29, 1.82) is 0 Å². The highest BCUT2D eigenvalue weighted by molar-refractivity contribution is 6.21. The van der Waals surface area contributed by atoms with Gasteiger partial charge in [-0.15, -0.1) is 0 Å². The van der Waals surface area contributed by atoms with E-state index in [0.29, 0.717) is 35.5 Å². The number of carbonyl (C=O) groups is 4. The van der Waals surface area contributed by atoms with Gasteiger partial charge in [0.05, 0.1) is 13.1 Å². The number of ether oxygens (including phenoxy) is 2. The maximum atomic E-state index is 12.6. The number of methoxy groups -OCH3 is 1. The number of imide groups is 1. The smallest absolute Gasteiger partial charge is 0.414 e. The number of likely N-dealkylation sites (N-methyl/N-ethyl adjacent to an activating group) is 1. The van der Waals surface area contributed by atoms with E-state index in [1.54, 1.807) is 35.2 Å². The zero-order valence-corrected chi connectivity index (χ0v) is 18.1. The molecule has 1 unspecified atom stereocenters. The maximum absolute atomic E-state index is 12.6. The number of rotatable bonds is 7. The van der Waals surface area contributed by atoms with E-state index in [1.807, 2.05) is 13.0 Å². The van der Waals surface area contributed by atoms with E-state index < -0.39 is 12.2 Å². The van der Waals surface area contributed by atoms with Crippen molar-refractivity contribution in [2.75, 3.05) is 43.2 Å². The predicted octanol–water partition coefficient (Wildman–Crippen LogP) is 2.03. The van der Waals surface area contributed by atoms with Gasteiger partial charge in [0.1, 0.15) is 12.7 Å². The van der Waals surface area contributed by atoms with Crippen LogP contribution in [-0.4, -0.2) is 68.2 Å². The number of carbonyl (C=O) groups excluding carboxylic acids is 4. The molecule has 0 aromatic heterocycles. The number of hydrogen-bond donors (Lipinski definition) is 0. The number of nitrogens with zero attached hydrogens (tertiary/aromatic N) is 3. The summed E-state index contributed by atoms with van der Waals surface area (Å²) < 4.78 is 10.4. The molecule has 2 aliphatic heterocycles. The Morgan fingerprint density at radius 2 is 1.94 bits per heavy atom. The first-order valence-corrected chi connectivity index (χ1v) is 10.6. The normalized spacial score (nSPS) is 20.2. The van der Waals surface area contributed by atoms with Crippen molar-refractivity contribution in [3.05, 3.63) is 47.6 Å². The van der Waals surface area contributed by atoms with Crippen molar-refractivity contribution < 1.29 is 28.7 Å². The summed E-state index contributed by atoms with van der Waals surface area (Å²) in [5.41, 5.74) is 2.29. The monoisotopic (exact) mass is 439 g/mol. The molecule has 3 aliphatic rings. The van der Waals surface area contributed by atoms with E-state index in [-0.39, 0.29) is 37.4 Å². The van der Waals surface area contributed by atoms with Crippen LogP contribution in [0, 0.1) is 0 Å². The third-order valence-electron chi connectivity index (χ3n) is 5.77. The van der Waals surface area contributed by atoms with Gasteiger partial charge in [0.15, 0.2) is 0 Å². The summed E-state index contributed by atoms with van der Waals surface area (Å²) in [7, 11) is 1.47. The Kier molecular flexibility index (Phi) is 6.09. The van der Waals surface area contributed by atoms with Crippen molar-refractivity contribution in [3.63, 3.8) is 0 Å². The lowest BCUT2D eigenvalue weighted by Crippen LogP contribution is -2.39. The highest BCUT2D eigenvalue weighted by Crippen LogP contribution is 2.31. The Bertz CT molecular complexity index is 1010. The summed E-state index contributed by atoms with van der Waals surface area (Å²) in [5, 5.41) is 0. The molecule has 4 rings (SSSR count). The van der Waals surface area contributed by atoms with Crippen LogP contribution in [0.4, 0.5) is 16.2 Å². The second kappa shape index (κ2) is 8.96. The minimum absolute atomic E-state index is 0.0161. The Morgan fingerprint density at radius 3 is 2.59 bits per heavy atom. The molecule has 0 bridgehead atoms. The SMILES string of the molecule is CCN(C(=O)COC)c1ccc(N2CC(CN3C(=O)C4=C(CCC=C4)C3=O)OC2=O)cc1. The highest BCUT2D eigenvalue weighted by atomic mass is 16.6. The third-order valence-corrected chi connectivity index (χ3v) is 5.77. The fraction of sp³-hybridized carbons (Fsp3) is 0.391. The molecule has 0 radical (unpaired) electrons. The molecule has 1 aromatic carbocycles. The van der Waals surface area contributed by atoms with Crippen molar-refractivity contribution >= 4 is 35.2 Å². The molecule has 0 N–H and O–H groups in total. The quantitative estimate of drug-likeness (QED) is 0.603. The average Bonchev–Trinajstić information content (AvgIpc) is 3.28. The summed E-state index contributed by atoms with van der Waals surface area (Å²) in [5.74, 6) is -0.789. The van der Waals surface area contributed by atoms with Gasteiger partial charge in [-0.25, -0.2) is 4.79 Å². The average molecular weight is 439 g/mol. The van der Waals surface area contributed by atoms with Crippen LogP contribution in [0.2, 0.25) is 0 Å². The van der Waals surface area contributed by atoms with Gasteiger partial charge in [0.2, 0.25) is 0 Å². The number of benzene rings is 1. The molecule has 4 amide bonds.